The summed E-state index contributed by atoms with van der Waals surface area (Å²) < 4.78 is 8.85. The number of benzene rings is 1. The summed E-state index contributed by atoms with van der Waals surface area (Å²) in [5, 5.41) is 0. The normalized spacial score (nSPS) is 11.6. The highest BCUT2D eigenvalue weighted by Crippen LogP contribution is 2.08. The molecule has 0 aliphatic heterocycles. The molecule has 1 rings (SSSR count). The molecule has 0 radical (unpaired) electrons. The Morgan fingerprint density at radius 1 is 1.31 bits per heavy atom. The Morgan fingerprint density at radius 3 is 2.44 bits per heavy atom. The molecule has 1 aromatic carbocycles. The number of carbonyl (C=O) groups excluding carboxylic acids is 2. The predicted molar refractivity (Wildman–Crippen MR) is 57.6 cm³/mol. The summed E-state index contributed by atoms with van der Waals surface area (Å²) in [7, 11) is 0. The number of rotatable bonds is 4. The molecule has 16 heavy (non-hydrogen) atoms. The summed E-state index contributed by atoms with van der Waals surface area (Å²) in [6, 6.07) is 9.14. The molecule has 86 valence electrons. The largest absolute Gasteiger partial charge is 0.450 e. The summed E-state index contributed by atoms with van der Waals surface area (Å²) in [5.41, 5.74) is 0.857. The van der Waals surface area contributed by atoms with Gasteiger partial charge in [0.1, 0.15) is 11.9 Å². The second-order valence-corrected chi connectivity index (χ2v) is 3.34. The van der Waals surface area contributed by atoms with Crippen LogP contribution in [0.15, 0.2) is 30.3 Å². The van der Waals surface area contributed by atoms with Crippen LogP contribution in [0.5, 0.6) is 0 Å². The molecule has 1 atom stereocenters. The Bertz CT molecular complexity index is 364. The Kier molecular flexibility index (Phi) is 4.79. The third-order valence-electron chi connectivity index (χ3n) is 1.91. The number of carbonyl (C=O) groups is 2. The van der Waals surface area contributed by atoms with E-state index >= 15 is 0 Å². The molecule has 0 amide bonds. The average molecular weight is 243 g/mol. The molecule has 1 aromatic rings. The molecular formula is C11H11ClO4. The Morgan fingerprint density at radius 2 is 1.94 bits per heavy atom. The van der Waals surface area contributed by atoms with Crippen LogP contribution in [-0.2, 0) is 25.0 Å². The summed E-state index contributed by atoms with van der Waals surface area (Å²) >= 11 is 4.96. The zero-order valence-electron chi connectivity index (χ0n) is 8.68. The minimum Gasteiger partial charge on any atom is -0.450 e. The first-order valence-corrected chi connectivity index (χ1v) is 4.98. The summed E-state index contributed by atoms with van der Waals surface area (Å²) in [6.45, 7) is 1.22. The monoisotopic (exact) mass is 242 g/mol. The third-order valence-corrected chi connectivity index (χ3v) is 2.06. The van der Waals surface area contributed by atoms with E-state index in [1.807, 2.05) is 30.3 Å². The van der Waals surface area contributed by atoms with E-state index < -0.39 is 18.0 Å². The average Bonchev–Trinajstić information content (AvgIpc) is 2.28. The Balaban J connectivity index is 2.70. The maximum absolute atomic E-state index is 11.2. The number of halogens is 1. The van der Waals surface area contributed by atoms with E-state index in [1.165, 1.54) is 6.92 Å². The number of hydrogen-bond donors (Lipinski definition) is 0. The van der Waals surface area contributed by atoms with Crippen LogP contribution in [0.2, 0.25) is 0 Å². The molecule has 0 N–H and O–H groups in total. The van der Waals surface area contributed by atoms with Gasteiger partial charge in [-0.1, -0.05) is 30.3 Å². The highest BCUT2D eigenvalue weighted by atomic mass is 35.5. The Hall–Kier alpha value is -1.55. The minimum atomic E-state index is -1.00. The third kappa shape index (κ3) is 3.90. The van der Waals surface area contributed by atoms with Crippen LogP contribution in [-0.4, -0.2) is 18.0 Å². The molecule has 0 aromatic heterocycles. The lowest BCUT2D eigenvalue weighted by molar-refractivity contribution is -0.160. The zero-order valence-corrected chi connectivity index (χ0v) is 9.44. The van der Waals surface area contributed by atoms with Gasteiger partial charge in [0.15, 0.2) is 0 Å². The molecule has 0 saturated heterocycles. The van der Waals surface area contributed by atoms with E-state index in [-0.39, 0.29) is 6.42 Å². The first kappa shape index (κ1) is 12.5. The highest BCUT2D eigenvalue weighted by Gasteiger charge is 2.23. The topological polar surface area (TPSA) is 52.6 Å². The van der Waals surface area contributed by atoms with E-state index in [2.05, 4.69) is 4.29 Å². The van der Waals surface area contributed by atoms with Crippen LogP contribution in [0.25, 0.3) is 0 Å². The maximum Gasteiger partial charge on any atom is 0.365 e. The van der Waals surface area contributed by atoms with Gasteiger partial charge in [-0.3, -0.25) is 4.79 Å². The number of ether oxygens (including phenoxy) is 1. The van der Waals surface area contributed by atoms with Gasteiger partial charge in [-0.2, -0.15) is 0 Å². The fourth-order valence-electron chi connectivity index (χ4n) is 1.25. The number of hydrogen-bond acceptors (Lipinski definition) is 4. The van der Waals surface area contributed by atoms with Gasteiger partial charge in [0.2, 0.25) is 6.10 Å². The first-order valence-electron chi connectivity index (χ1n) is 4.67. The molecule has 0 aliphatic carbocycles. The second-order valence-electron chi connectivity index (χ2n) is 3.18. The molecule has 0 spiro atoms. The van der Waals surface area contributed by atoms with Crippen molar-refractivity contribution >= 4 is 23.8 Å². The van der Waals surface area contributed by atoms with Crippen molar-refractivity contribution in [1.29, 1.82) is 0 Å². The lowest BCUT2D eigenvalue weighted by Gasteiger charge is -2.13. The quantitative estimate of drug-likeness (QED) is 0.757. The lowest BCUT2D eigenvalue weighted by atomic mass is 10.1. The van der Waals surface area contributed by atoms with Crippen LogP contribution in [0, 0.1) is 0 Å². The summed E-state index contributed by atoms with van der Waals surface area (Å²) in [4.78, 5) is 22.0. The van der Waals surface area contributed by atoms with E-state index in [0.717, 1.165) is 5.56 Å². The molecule has 0 heterocycles. The summed E-state index contributed by atoms with van der Waals surface area (Å²) in [6.07, 6.45) is -0.760. The van der Waals surface area contributed by atoms with Crippen LogP contribution >= 0.6 is 11.9 Å². The van der Waals surface area contributed by atoms with Crippen molar-refractivity contribution < 1.29 is 18.6 Å². The van der Waals surface area contributed by atoms with Gasteiger partial charge in [0.25, 0.3) is 0 Å². The maximum atomic E-state index is 11.2. The van der Waals surface area contributed by atoms with Gasteiger partial charge in [-0.05, 0) is 5.56 Å². The van der Waals surface area contributed by atoms with Crippen molar-refractivity contribution in [3.8, 4) is 0 Å². The van der Waals surface area contributed by atoms with Crippen molar-refractivity contribution in [3.05, 3.63) is 35.9 Å². The fraction of sp³-hybridized carbons (Fsp3) is 0.273. The molecule has 4 nitrogen and oxygen atoms in total. The molecule has 5 heteroatoms. The fourth-order valence-corrected chi connectivity index (χ4v) is 1.35. The van der Waals surface area contributed by atoms with Crippen LogP contribution < -0.4 is 0 Å². The highest BCUT2D eigenvalue weighted by molar-refractivity contribution is 6.13. The van der Waals surface area contributed by atoms with Crippen LogP contribution in [0.4, 0.5) is 0 Å². The molecule has 0 saturated carbocycles. The van der Waals surface area contributed by atoms with Crippen molar-refractivity contribution in [1.82, 2.24) is 0 Å². The van der Waals surface area contributed by atoms with Gasteiger partial charge in [-0.25, -0.2) is 4.79 Å². The van der Waals surface area contributed by atoms with Crippen molar-refractivity contribution in [2.24, 2.45) is 0 Å². The van der Waals surface area contributed by atoms with Crippen LogP contribution in [0.3, 0.4) is 0 Å². The van der Waals surface area contributed by atoms with E-state index in [0.29, 0.717) is 0 Å². The van der Waals surface area contributed by atoms with Gasteiger partial charge in [0, 0.05) is 13.3 Å². The van der Waals surface area contributed by atoms with E-state index in [1.54, 1.807) is 0 Å². The summed E-state index contributed by atoms with van der Waals surface area (Å²) in [5.74, 6) is -1.33. The smallest absolute Gasteiger partial charge is 0.365 e. The molecule has 0 aliphatic rings. The van der Waals surface area contributed by atoms with Crippen molar-refractivity contribution in [2.75, 3.05) is 0 Å². The van der Waals surface area contributed by atoms with Gasteiger partial charge in [-0.15, -0.1) is 0 Å². The van der Waals surface area contributed by atoms with E-state index in [4.69, 9.17) is 16.6 Å². The predicted octanol–water partition coefficient (Wildman–Crippen LogP) is 1.86. The van der Waals surface area contributed by atoms with Gasteiger partial charge >= 0.3 is 11.9 Å². The van der Waals surface area contributed by atoms with Crippen molar-refractivity contribution in [2.45, 2.75) is 19.4 Å². The molecule has 0 fully saturated rings. The molecule has 1 unspecified atom stereocenters. The Labute approximate surface area is 98.3 Å². The zero-order chi connectivity index (χ0) is 12.0. The van der Waals surface area contributed by atoms with Gasteiger partial charge in [0.05, 0.1) is 0 Å². The molecule has 0 bridgehead atoms. The first-order chi connectivity index (χ1) is 7.63. The standard InChI is InChI=1S/C11H11ClO4/c1-8(13)15-10(11(14)16-12)7-9-5-3-2-4-6-9/h2-6,10H,7H2,1H3. The van der Waals surface area contributed by atoms with E-state index in [9.17, 15) is 9.59 Å². The SMILES string of the molecule is CC(=O)OC(Cc1ccccc1)C(=O)OCl. The van der Waals surface area contributed by atoms with Gasteiger partial charge < -0.3 is 9.03 Å². The lowest BCUT2D eigenvalue weighted by Crippen LogP contribution is -2.28. The van der Waals surface area contributed by atoms with Crippen molar-refractivity contribution in [3.63, 3.8) is 0 Å². The number of esters is 1. The molecular weight excluding hydrogens is 232 g/mol. The minimum absolute atomic E-state index is 0.242. The van der Waals surface area contributed by atoms with Crippen LogP contribution in [0.1, 0.15) is 12.5 Å². The second kappa shape index (κ2) is 6.12.